The Labute approximate surface area is 169 Å². The van der Waals surface area contributed by atoms with Crippen molar-refractivity contribution < 1.29 is 18.0 Å². The lowest BCUT2D eigenvalue weighted by Gasteiger charge is -2.18. The monoisotopic (exact) mass is 420 g/mol. The molecule has 0 aliphatic carbocycles. The summed E-state index contributed by atoms with van der Waals surface area (Å²) in [4.78, 5) is 19.8. The summed E-state index contributed by atoms with van der Waals surface area (Å²) in [6.07, 6.45) is -3.59. The Bertz CT molecular complexity index is 1040. The van der Waals surface area contributed by atoms with Gasteiger partial charge in [-0.15, -0.1) is 16.4 Å². The van der Waals surface area contributed by atoms with Crippen LogP contribution in [0, 0.1) is 5.41 Å². The molecule has 0 N–H and O–H groups in total. The van der Waals surface area contributed by atoms with Crippen molar-refractivity contribution in [3.05, 3.63) is 53.2 Å². The average Bonchev–Trinajstić information content (AvgIpc) is 3.39. The van der Waals surface area contributed by atoms with Gasteiger partial charge in [-0.2, -0.15) is 13.2 Å². The zero-order valence-corrected chi connectivity index (χ0v) is 16.7. The van der Waals surface area contributed by atoms with E-state index in [9.17, 15) is 18.0 Å². The van der Waals surface area contributed by atoms with Gasteiger partial charge in [-0.3, -0.25) is 4.79 Å². The highest BCUT2D eigenvalue weighted by Gasteiger charge is 2.35. The van der Waals surface area contributed by atoms with Gasteiger partial charge in [-0.05, 0) is 41.5 Å². The third-order valence-corrected chi connectivity index (χ3v) is 5.79. The molecule has 2 aromatic heterocycles. The normalized spacial score (nSPS) is 16.4. The number of nitrogens with zero attached hydrogens (tertiary/aromatic N) is 4. The van der Waals surface area contributed by atoms with Crippen LogP contribution in [-0.4, -0.2) is 38.7 Å². The van der Waals surface area contributed by atoms with E-state index in [-0.39, 0.29) is 22.8 Å². The number of hydrogen-bond donors (Lipinski definition) is 0. The summed E-state index contributed by atoms with van der Waals surface area (Å²) in [5, 5.41) is 6.14. The number of alkyl halides is 3. The third-order valence-electron chi connectivity index (χ3n) is 4.92. The Morgan fingerprint density at radius 2 is 2.00 bits per heavy atom. The van der Waals surface area contributed by atoms with Gasteiger partial charge in [-0.25, -0.2) is 9.67 Å². The molecule has 1 aliphatic heterocycles. The van der Waals surface area contributed by atoms with Gasteiger partial charge in [-0.1, -0.05) is 26.0 Å². The van der Waals surface area contributed by atoms with Crippen LogP contribution in [0.1, 0.15) is 36.5 Å². The molecule has 0 radical (unpaired) electrons. The summed E-state index contributed by atoms with van der Waals surface area (Å²) >= 11 is 1.38. The lowest BCUT2D eigenvalue weighted by Crippen LogP contribution is -2.31. The number of rotatable bonds is 3. The van der Waals surface area contributed by atoms with Crippen molar-refractivity contribution in [2.45, 2.75) is 26.4 Å². The number of carbonyl (C=O) groups is 1. The smallest absolute Gasteiger partial charge is 0.335 e. The van der Waals surface area contributed by atoms with Crippen molar-refractivity contribution in [2.75, 3.05) is 13.1 Å². The van der Waals surface area contributed by atoms with Gasteiger partial charge in [0.1, 0.15) is 0 Å². The fourth-order valence-corrected chi connectivity index (χ4v) is 4.09. The largest absolute Gasteiger partial charge is 0.416 e. The fraction of sp³-hybridized carbons (Fsp3) is 0.350. The van der Waals surface area contributed by atoms with Gasteiger partial charge in [0.15, 0.2) is 5.82 Å². The van der Waals surface area contributed by atoms with Crippen LogP contribution >= 0.6 is 11.3 Å². The van der Waals surface area contributed by atoms with Crippen LogP contribution in [0.25, 0.3) is 16.4 Å². The molecular formula is C20H19F3N4OS. The summed E-state index contributed by atoms with van der Waals surface area (Å²) < 4.78 is 40.8. The van der Waals surface area contributed by atoms with Crippen molar-refractivity contribution in [2.24, 2.45) is 5.41 Å². The number of carbonyl (C=O) groups excluding carboxylic acids is 1. The summed E-state index contributed by atoms with van der Waals surface area (Å²) in [7, 11) is 0. The maximum absolute atomic E-state index is 13.2. The first kappa shape index (κ1) is 19.6. The van der Waals surface area contributed by atoms with Gasteiger partial charge in [0.25, 0.3) is 5.91 Å². The first-order valence-corrected chi connectivity index (χ1v) is 10.00. The SMILES string of the molecule is CC1(C)CCN(C(=O)c2nc(-c3cccs3)n(-c3cccc(C(F)(F)F)c3)n2)C1. The molecule has 1 fully saturated rings. The number of amides is 1. The molecule has 1 amide bonds. The molecule has 0 bridgehead atoms. The molecule has 0 saturated carbocycles. The van der Waals surface area contributed by atoms with E-state index in [1.807, 2.05) is 11.4 Å². The molecule has 152 valence electrons. The number of likely N-dealkylation sites (tertiary alicyclic amines) is 1. The van der Waals surface area contributed by atoms with E-state index in [0.29, 0.717) is 18.9 Å². The molecule has 1 aliphatic rings. The maximum Gasteiger partial charge on any atom is 0.416 e. The highest BCUT2D eigenvalue weighted by atomic mass is 32.1. The molecule has 0 atom stereocenters. The molecule has 5 nitrogen and oxygen atoms in total. The summed E-state index contributed by atoms with van der Waals surface area (Å²) in [5.41, 5.74) is -0.552. The number of thiophene rings is 1. The van der Waals surface area contributed by atoms with Crippen molar-refractivity contribution in [1.82, 2.24) is 19.7 Å². The molecule has 0 unspecified atom stereocenters. The quantitative estimate of drug-likeness (QED) is 0.606. The van der Waals surface area contributed by atoms with E-state index < -0.39 is 11.7 Å². The number of aromatic nitrogens is 3. The first-order chi connectivity index (χ1) is 13.6. The van der Waals surface area contributed by atoms with Crippen molar-refractivity contribution in [3.8, 4) is 16.4 Å². The van der Waals surface area contributed by atoms with Crippen LogP contribution in [0.3, 0.4) is 0 Å². The maximum atomic E-state index is 13.2. The van der Waals surface area contributed by atoms with Crippen molar-refractivity contribution in [1.29, 1.82) is 0 Å². The lowest BCUT2D eigenvalue weighted by atomic mass is 9.93. The second-order valence-electron chi connectivity index (χ2n) is 7.84. The van der Waals surface area contributed by atoms with Crippen LogP contribution < -0.4 is 0 Å². The predicted octanol–water partition coefficient (Wildman–Crippen LogP) is 4.89. The molecule has 3 heterocycles. The number of hydrogen-bond acceptors (Lipinski definition) is 4. The van der Waals surface area contributed by atoms with Crippen LogP contribution in [0.4, 0.5) is 13.2 Å². The zero-order chi connectivity index (χ0) is 20.8. The molecule has 1 aromatic carbocycles. The van der Waals surface area contributed by atoms with Crippen molar-refractivity contribution in [3.63, 3.8) is 0 Å². The van der Waals surface area contributed by atoms with Crippen LogP contribution in [0.5, 0.6) is 0 Å². The third kappa shape index (κ3) is 3.91. The average molecular weight is 420 g/mol. The topological polar surface area (TPSA) is 51.0 Å². The van der Waals surface area contributed by atoms with E-state index in [0.717, 1.165) is 23.4 Å². The summed E-state index contributed by atoms with van der Waals surface area (Å²) in [5.74, 6) is 0.0313. The first-order valence-electron chi connectivity index (χ1n) is 9.12. The summed E-state index contributed by atoms with van der Waals surface area (Å²) in [6, 6.07) is 8.47. The Morgan fingerprint density at radius 3 is 2.62 bits per heavy atom. The molecule has 0 spiro atoms. The Hall–Kier alpha value is -2.68. The molecule has 1 saturated heterocycles. The minimum atomic E-state index is -4.47. The molecular weight excluding hydrogens is 401 g/mol. The highest BCUT2D eigenvalue weighted by Crippen LogP contribution is 2.33. The Balaban J connectivity index is 1.77. The van der Waals surface area contributed by atoms with Gasteiger partial charge in [0.05, 0.1) is 16.1 Å². The molecule has 4 rings (SSSR count). The number of benzene rings is 1. The zero-order valence-electron chi connectivity index (χ0n) is 15.9. The number of halogens is 3. The Kier molecular flexibility index (Phi) is 4.72. The fourth-order valence-electron chi connectivity index (χ4n) is 3.39. The van der Waals surface area contributed by atoms with E-state index in [1.165, 1.54) is 28.2 Å². The van der Waals surface area contributed by atoms with E-state index in [2.05, 4.69) is 23.9 Å². The van der Waals surface area contributed by atoms with E-state index >= 15 is 0 Å². The van der Waals surface area contributed by atoms with Crippen LogP contribution in [0.2, 0.25) is 0 Å². The van der Waals surface area contributed by atoms with Crippen LogP contribution in [-0.2, 0) is 6.18 Å². The van der Waals surface area contributed by atoms with Gasteiger partial charge >= 0.3 is 6.18 Å². The van der Waals surface area contributed by atoms with Gasteiger partial charge < -0.3 is 4.90 Å². The molecule has 29 heavy (non-hydrogen) atoms. The van der Waals surface area contributed by atoms with Crippen molar-refractivity contribution >= 4 is 17.2 Å². The Morgan fingerprint density at radius 1 is 1.21 bits per heavy atom. The van der Waals surface area contributed by atoms with E-state index in [4.69, 9.17) is 0 Å². The van der Waals surface area contributed by atoms with E-state index in [1.54, 1.807) is 11.0 Å². The van der Waals surface area contributed by atoms with Crippen LogP contribution in [0.15, 0.2) is 41.8 Å². The second-order valence-corrected chi connectivity index (χ2v) is 8.78. The van der Waals surface area contributed by atoms with Gasteiger partial charge in [0, 0.05) is 13.1 Å². The lowest BCUT2D eigenvalue weighted by molar-refractivity contribution is -0.137. The minimum absolute atomic E-state index is 0.0106. The molecule has 3 aromatic rings. The predicted molar refractivity (Wildman–Crippen MR) is 104 cm³/mol. The second kappa shape index (κ2) is 6.98. The van der Waals surface area contributed by atoms with Gasteiger partial charge in [0.2, 0.25) is 5.82 Å². The molecule has 9 heteroatoms. The highest BCUT2D eigenvalue weighted by molar-refractivity contribution is 7.13. The summed E-state index contributed by atoms with van der Waals surface area (Å²) in [6.45, 7) is 5.38. The minimum Gasteiger partial charge on any atom is -0.335 e. The standard InChI is InChI=1S/C20H19F3N4OS/c1-19(2)8-9-26(12-19)18(28)16-24-17(15-7-4-10-29-15)27(25-16)14-6-3-5-13(11-14)20(21,22)23/h3-7,10-11H,8-9,12H2,1-2H3.